The van der Waals surface area contributed by atoms with Crippen LogP contribution in [-0.2, 0) is 13.0 Å². The minimum atomic E-state index is 0.735. The molecule has 100 valence electrons. The van der Waals surface area contributed by atoms with Crippen LogP contribution in [-0.4, -0.2) is 12.6 Å². The summed E-state index contributed by atoms with van der Waals surface area (Å²) in [5.74, 6) is 1.02. The first-order valence-electron chi connectivity index (χ1n) is 6.87. The normalized spacial score (nSPS) is 14.5. The highest BCUT2D eigenvalue weighted by Crippen LogP contribution is 2.22. The Labute approximate surface area is 118 Å². The van der Waals surface area contributed by atoms with Crippen molar-refractivity contribution in [3.8, 4) is 5.75 Å². The highest BCUT2D eigenvalue weighted by molar-refractivity contribution is 7.07. The summed E-state index contributed by atoms with van der Waals surface area (Å²) in [7, 11) is 0. The van der Waals surface area contributed by atoms with Gasteiger partial charge in [-0.05, 0) is 41.3 Å². The van der Waals surface area contributed by atoms with E-state index in [0.717, 1.165) is 31.4 Å². The molecule has 2 nitrogen and oxygen atoms in total. The molecule has 0 saturated heterocycles. The lowest BCUT2D eigenvalue weighted by Gasteiger charge is -2.11. The first kappa shape index (κ1) is 12.7. The molecule has 0 atom stereocenters. The Morgan fingerprint density at radius 3 is 2.89 bits per heavy atom. The van der Waals surface area contributed by atoms with E-state index >= 15 is 0 Å². The third kappa shape index (κ3) is 3.82. The van der Waals surface area contributed by atoms with Gasteiger partial charge in [0.05, 0.1) is 6.61 Å². The number of hydrogen-bond acceptors (Lipinski definition) is 3. The van der Waals surface area contributed by atoms with E-state index in [4.69, 9.17) is 4.74 Å². The van der Waals surface area contributed by atoms with Crippen molar-refractivity contribution in [3.63, 3.8) is 0 Å². The zero-order valence-corrected chi connectivity index (χ0v) is 11.8. The van der Waals surface area contributed by atoms with Gasteiger partial charge >= 0.3 is 0 Å². The van der Waals surface area contributed by atoms with Crippen LogP contribution in [0.25, 0.3) is 0 Å². The van der Waals surface area contributed by atoms with Gasteiger partial charge in [0.25, 0.3) is 0 Å². The Morgan fingerprint density at radius 2 is 2.11 bits per heavy atom. The van der Waals surface area contributed by atoms with Gasteiger partial charge in [0.2, 0.25) is 0 Å². The van der Waals surface area contributed by atoms with Crippen molar-refractivity contribution in [1.29, 1.82) is 0 Å². The number of ether oxygens (including phenoxy) is 1. The lowest BCUT2D eigenvalue weighted by atomic mass is 10.2. The van der Waals surface area contributed by atoms with Gasteiger partial charge in [-0.15, -0.1) is 0 Å². The van der Waals surface area contributed by atoms with E-state index in [0.29, 0.717) is 0 Å². The van der Waals surface area contributed by atoms with Crippen LogP contribution in [0.2, 0.25) is 0 Å². The van der Waals surface area contributed by atoms with Crippen molar-refractivity contribution in [2.75, 3.05) is 6.61 Å². The van der Waals surface area contributed by atoms with Gasteiger partial charge in [-0.25, -0.2) is 0 Å². The summed E-state index contributed by atoms with van der Waals surface area (Å²) < 4.78 is 5.93. The predicted molar refractivity (Wildman–Crippen MR) is 79.8 cm³/mol. The largest absolute Gasteiger partial charge is 0.493 e. The molecule has 1 aromatic carbocycles. The molecule has 1 fully saturated rings. The van der Waals surface area contributed by atoms with Gasteiger partial charge in [-0.2, -0.15) is 11.3 Å². The van der Waals surface area contributed by atoms with Crippen molar-refractivity contribution in [1.82, 2.24) is 5.32 Å². The monoisotopic (exact) mass is 273 g/mol. The molecular formula is C16H19NOS. The van der Waals surface area contributed by atoms with Gasteiger partial charge in [0.1, 0.15) is 5.75 Å². The van der Waals surface area contributed by atoms with Gasteiger partial charge in [0.15, 0.2) is 0 Å². The summed E-state index contributed by atoms with van der Waals surface area (Å²) in [5.41, 5.74) is 2.62. The minimum Gasteiger partial charge on any atom is -0.493 e. The molecule has 1 aliphatic carbocycles. The van der Waals surface area contributed by atoms with E-state index in [-0.39, 0.29) is 0 Å². The van der Waals surface area contributed by atoms with Gasteiger partial charge < -0.3 is 10.1 Å². The molecule has 1 N–H and O–H groups in total. The quantitative estimate of drug-likeness (QED) is 0.832. The highest BCUT2D eigenvalue weighted by Gasteiger charge is 2.20. The van der Waals surface area contributed by atoms with Crippen LogP contribution in [0.1, 0.15) is 24.0 Å². The molecule has 2 aromatic rings. The minimum absolute atomic E-state index is 0.735. The third-order valence-electron chi connectivity index (χ3n) is 3.36. The molecule has 3 rings (SSSR count). The van der Waals surface area contributed by atoms with Crippen LogP contribution in [0.3, 0.4) is 0 Å². The van der Waals surface area contributed by atoms with Crippen molar-refractivity contribution in [2.24, 2.45) is 0 Å². The molecule has 1 aromatic heterocycles. The number of rotatable bonds is 7. The average molecular weight is 273 g/mol. The van der Waals surface area contributed by atoms with Crippen molar-refractivity contribution in [2.45, 2.75) is 31.8 Å². The number of nitrogens with one attached hydrogen (secondary N) is 1. The molecule has 0 spiro atoms. The Morgan fingerprint density at radius 1 is 1.21 bits per heavy atom. The molecule has 0 amide bonds. The molecule has 0 radical (unpaired) electrons. The highest BCUT2D eigenvalue weighted by atomic mass is 32.1. The number of para-hydroxylation sites is 1. The maximum absolute atomic E-state index is 5.93. The summed E-state index contributed by atoms with van der Waals surface area (Å²) in [6.45, 7) is 1.66. The molecule has 3 heteroatoms. The molecule has 1 aliphatic rings. The zero-order valence-electron chi connectivity index (χ0n) is 11.0. The van der Waals surface area contributed by atoms with Crippen molar-refractivity contribution < 1.29 is 4.74 Å². The Bertz CT molecular complexity index is 505. The maximum atomic E-state index is 5.93. The zero-order chi connectivity index (χ0) is 12.9. The van der Waals surface area contributed by atoms with Crippen LogP contribution in [0.15, 0.2) is 41.1 Å². The summed E-state index contributed by atoms with van der Waals surface area (Å²) >= 11 is 1.74. The van der Waals surface area contributed by atoms with Crippen LogP contribution in [0.5, 0.6) is 5.75 Å². The van der Waals surface area contributed by atoms with Crippen LogP contribution in [0, 0.1) is 0 Å². The summed E-state index contributed by atoms with van der Waals surface area (Å²) in [6.07, 6.45) is 3.62. The second kappa shape index (κ2) is 6.22. The van der Waals surface area contributed by atoms with Gasteiger partial charge in [0, 0.05) is 24.6 Å². The summed E-state index contributed by atoms with van der Waals surface area (Å²) in [4.78, 5) is 0. The Kier molecular flexibility index (Phi) is 4.16. The summed E-state index contributed by atoms with van der Waals surface area (Å²) in [5, 5.41) is 7.84. The predicted octanol–water partition coefficient (Wildman–Crippen LogP) is 3.62. The number of thiophene rings is 1. The van der Waals surface area contributed by atoms with Crippen molar-refractivity contribution >= 4 is 11.3 Å². The van der Waals surface area contributed by atoms with E-state index in [1.54, 1.807) is 11.3 Å². The van der Waals surface area contributed by atoms with E-state index in [1.165, 1.54) is 24.0 Å². The molecule has 0 bridgehead atoms. The summed E-state index contributed by atoms with van der Waals surface area (Å²) in [6, 6.07) is 11.2. The molecule has 1 saturated carbocycles. The smallest absolute Gasteiger partial charge is 0.123 e. The SMILES string of the molecule is c1ccc(OCCc2ccsc2)c(CNC2CC2)c1. The fourth-order valence-electron chi connectivity index (χ4n) is 2.05. The fraction of sp³-hybridized carbons (Fsp3) is 0.375. The molecule has 1 heterocycles. The van der Waals surface area contributed by atoms with Crippen LogP contribution >= 0.6 is 11.3 Å². The average Bonchev–Trinajstić information content (AvgIpc) is 3.13. The second-order valence-corrected chi connectivity index (χ2v) is 5.77. The molecular weight excluding hydrogens is 254 g/mol. The second-order valence-electron chi connectivity index (χ2n) is 4.99. The van der Waals surface area contributed by atoms with Crippen molar-refractivity contribution in [3.05, 3.63) is 52.2 Å². The number of hydrogen-bond donors (Lipinski definition) is 1. The van der Waals surface area contributed by atoms with E-state index < -0.39 is 0 Å². The Balaban J connectivity index is 1.53. The van der Waals surface area contributed by atoms with E-state index in [9.17, 15) is 0 Å². The topological polar surface area (TPSA) is 21.3 Å². The molecule has 19 heavy (non-hydrogen) atoms. The standard InChI is InChI=1S/C16H19NOS/c1-2-4-16(14(3-1)11-17-15-5-6-15)18-9-7-13-8-10-19-12-13/h1-4,8,10,12,15,17H,5-7,9,11H2. The lowest BCUT2D eigenvalue weighted by molar-refractivity contribution is 0.318. The third-order valence-corrected chi connectivity index (χ3v) is 4.09. The lowest BCUT2D eigenvalue weighted by Crippen LogP contribution is -2.16. The van der Waals surface area contributed by atoms with E-state index in [1.807, 2.05) is 6.07 Å². The maximum Gasteiger partial charge on any atom is 0.123 e. The Hall–Kier alpha value is -1.32. The van der Waals surface area contributed by atoms with Crippen LogP contribution in [0.4, 0.5) is 0 Å². The first-order chi connectivity index (χ1) is 9.42. The fourth-order valence-corrected chi connectivity index (χ4v) is 2.75. The van der Waals surface area contributed by atoms with Crippen LogP contribution < -0.4 is 10.1 Å². The van der Waals surface area contributed by atoms with Gasteiger partial charge in [-0.1, -0.05) is 18.2 Å². The number of benzene rings is 1. The van der Waals surface area contributed by atoms with Gasteiger partial charge in [-0.3, -0.25) is 0 Å². The molecule has 0 aliphatic heterocycles. The molecule has 0 unspecified atom stereocenters. The van der Waals surface area contributed by atoms with E-state index in [2.05, 4.69) is 40.3 Å². The first-order valence-corrected chi connectivity index (χ1v) is 7.81.